The molecule has 8 atom stereocenters. The molecule has 0 aromatic heterocycles. The molecule has 0 bridgehead atoms. The van der Waals surface area contributed by atoms with Crippen molar-refractivity contribution in [2.45, 2.75) is 117 Å². The number of benzene rings is 1. The van der Waals surface area contributed by atoms with Crippen LogP contribution in [0.4, 0.5) is 5.69 Å². The number of likely N-dealkylation sites (N-methyl/N-ethyl adjacent to an activating group) is 2. The molecule has 55 heavy (non-hydrogen) atoms. The number of nitrogens with zero attached hydrogens (tertiary/aromatic N) is 3. The third-order valence-corrected chi connectivity index (χ3v) is 11.5. The smallest absolute Gasteiger partial charge is 0.245 e. The number of methoxy groups -OCH3 is 2. The Labute approximate surface area is 343 Å². The lowest BCUT2D eigenvalue weighted by atomic mass is 9.89. The topological polar surface area (TPSA) is 162 Å². The summed E-state index contributed by atoms with van der Waals surface area (Å²) in [5, 5.41) is 8.59. The molecule has 1 aliphatic heterocycles. The summed E-state index contributed by atoms with van der Waals surface area (Å²) < 4.78 is 14.9. The summed E-state index contributed by atoms with van der Waals surface area (Å²) in [4.78, 5) is 72.9. The third-order valence-electron chi connectivity index (χ3n) is 10.9. The molecule has 1 heterocycles. The fourth-order valence-electron chi connectivity index (χ4n) is 7.69. The highest BCUT2D eigenvalue weighted by Gasteiger charge is 2.43. The summed E-state index contributed by atoms with van der Waals surface area (Å²) >= 11 is 2.05. The van der Waals surface area contributed by atoms with E-state index in [4.69, 9.17) is 9.47 Å². The second-order valence-corrected chi connectivity index (χ2v) is 16.3. The van der Waals surface area contributed by atoms with Gasteiger partial charge in [0.25, 0.3) is 0 Å². The molecule has 1 aromatic carbocycles. The third kappa shape index (κ3) is 13.6. The fraction of sp³-hybridized carbons (Fsp3) is 0.725. The summed E-state index contributed by atoms with van der Waals surface area (Å²) in [5.41, 5.74) is 1.89. The van der Waals surface area contributed by atoms with Gasteiger partial charge in [-0.05, 0) is 62.4 Å². The molecule has 14 nitrogen and oxygen atoms in total. The van der Waals surface area contributed by atoms with Crippen LogP contribution in [0.25, 0.3) is 0 Å². The van der Waals surface area contributed by atoms with E-state index >= 15 is 0 Å². The van der Waals surface area contributed by atoms with E-state index < -0.39 is 36.3 Å². The van der Waals surface area contributed by atoms with Gasteiger partial charge in [-0.3, -0.25) is 28.9 Å². The summed E-state index contributed by atoms with van der Waals surface area (Å²) in [7, 11) is 8.52. The van der Waals surface area contributed by atoms with Crippen molar-refractivity contribution >= 4 is 58.1 Å². The minimum Gasteiger partial charge on any atom is -0.379 e. The van der Waals surface area contributed by atoms with Gasteiger partial charge in [-0.2, -0.15) is 0 Å². The predicted molar refractivity (Wildman–Crippen MR) is 224 cm³/mol. The zero-order chi connectivity index (χ0) is 41.6. The van der Waals surface area contributed by atoms with Crippen LogP contribution in [-0.4, -0.2) is 129 Å². The average Bonchev–Trinajstić information content (AvgIpc) is 3.64. The van der Waals surface area contributed by atoms with Crippen molar-refractivity contribution in [2.24, 2.45) is 23.7 Å². The number of hydrogen-bond donors (Lipinski definition) is 4. The summed E-state index contributed by atoms with van der Waals surface area (Å²) in [6, 6.07) is 5.67. The van der Waals surface area contributed by atoms with Gasteiger partial charge in [0, 0.05) is 40.0 Å². The average molecular weight is 886 g/mol. The number of hydrogen-bond acceptors (Lipinski definition) is 9. The first-order chi connectivity index (χ1) is 25.9. The Kier molecular flexibility index (Phi) is 20.4. The first-order valence-electron chi connectivity index (χ1n) is 19.5. The minimum absolute atomic E-state index is 0.0167. The van der Waals surface area contributed by atoms with Gasteiger partial charge < -0.3 is 38.8 Å². The number of nitrogens with one attached hydrogen (secondary N) is 4. The van der Waals surface area contributed by atoms with Crippen molar-refractivity contribution in [3.63, 3.8) is 0 Å². The van der Waals surface area contributed by atoms with Gasteiger partial charge in [0.2, 0.25) is 29.5 Å². The lowest BCUT2D eigenvalue weighted by molar-refractivity contribution is -0.148. The predicted octanol–water partition coefficient (Wildman–Crippen LogP) is 3.83. The van der Waals surface area contributed by atoms with Crippen LogP contribution in [0, 0.1) is 23.7 Å². The molecule has 0 radical (unpaired) electrons. The molecule has 312 valence electrons. The Balaban J connectivity index is 2.15. The highest BCUT2D eigenvalue weighted by molar-refractivity contribution is 14.1. The van der Waals surface area contributed by atoms with E-state index in [0.29, 0.717) is 19.5 Å². The largest absolute Gasteiger partial charge is 0.379 e. The monoisotopic (exact) mass is 885 g/mol. The van der Waals surface area contributed by atoms with E-state index in [9.17, 15) is 24.0 Å². The Hall–Kier alpha value is -3.02. The molecule has 1 aromatic rings. The van der Waals surface area contributed by atoms with Crippen molar-refractivity contribution in [3.8, 4) is 0 Å². The highest BCUT2D eigenvalue weighted by Crippen LogP contribution is 2.29. The maximum Gasteiger partial charge on any atom is 0.245 e. The zero-order valence-electron chi connectivity index (χ0n) is 35.1. The number of likely N-dealkylation sites (tertiary alicyclic amines) is 1. The van der Waals surface area contributed by atoms with Gasteiger partial charge in [-0.15, -0.1) is 0 Å². The molecule has 0 spiro atoms. The van der Waals surface area contributed by atoms with Crippen molar-refractivity contribution in [2.75, 3.05) is 52.0 Å². The van der Waals surface area contributed by atoms with E-state index in [1.807, 2.05) is 84.8 Å². The molecule has 0 aliphatic carbocycles. The molecule has 1 saturated heterocycles. The fourth-order valence-corrected chi connectivity index (χ4v) is 8.05. The Bertz CT molecular complexity index is 1390. The maximum atomic E-state index is 14.2. The van der Waals surface area contributed by atoms with Crippen molar-refractivity contribution in [1.29, 1.82) is 0 Å². The lowest BCUT2D eigenvalue weighted by Crippen LogP contribution is -2.59. The standard InChI is InChI=1S/C40H68IN7O7/c1-13-26(6)36(47(10)40(53)34(24(2)3)44-39(52)35(25(4)5)46(8)9)31(54-11)21-33(50)48-20-14-15-30(48)37(55-12)27(7)38(51)43-23-32(49)42-22-28-16-18-29(45-41)19-17-28/h16-19,24-27,30-31,34-37,45H,13-15,20-23H2,1-12H3,(H,42,49)(H,43,51)(H,44,52)/t26-,27+,30-,31+,34?,35-,36-,37+/m0/s1. The van der Waals surface area contributed by atoms with Crippen LogP contribution >= 0.6 is 22.9 Å². The van der Waals surface area contributed by atoms with Gasteiger partial charge in [-0.25, -0.2) is 0 Å². The number of anilines is 1. The molecule has 2 rings (SSSR count). The molecule has 1 fully saturated rings. The van der Waals surface area contributed by atoms with Crippen LogP contribution in [0.2, 0.25) is 0 Å². The molecule has 1 unspecified atom stereocenters. The van der Waals surface area contributed by atoms with Gasteiger partial charge >= 0.3 is 0 Å². The zero-order valence-corrected chi connectivity index (χ0v) is 37.3. The SMILES string of the molecule is CC[C@H](C)[C@@H]([C@@H](CC(=O)N1CCC[C@H]1[C@H](OC)[C@@H](C)C(=O)NCC(=O)NCc1ccc(NI)cc1)OC)N(C)C(=O)C(NC(=O)[C@H](C(C)C)N(C)C)C(C)C. The second-order valence-electron chi connectivity index (χ2n) is 15.8. The van der Waals surface area contributed by atoms with Gasteiger partial charge in [0.15, 0.2) is 0 Å². The van der Waals surface area contributed by atoms with Gasteiger partial charge in [0.1, 0.15) is 6.04 Å². The molecular formula is C40H68IN7O7. The number of halogens is 1. The Morgan fingerprint density at radius 3 is 2.05 bits per heavy atom. The number of rotatable bonds is 22. The second kappa shape index (κ2) is 23.3. The number of carbonyl (C=O) groups is 5. The molecule has 1 aliphatic rings. The lowest BCUT2D eigenvalue weighted by Gasteiger charge is -2.41. The summed E-state index contributed by atoms with van der Waals surface area (Å²) in [5.74, 6) is -2.07. The number of carbonyl (C=O) groups excluding carboxylic acids is 5. The minimum atomic E-state index is -0.766. The van der Waals surface area contributed by atoms with Gasteiger partial charge in [-0.1, -0.05) is 67.0 Å². The molecule has 5 amide bonds. The summed E-state index contributed by atoms with van der Waals surface area (Å²) in [6.45, 7) is 14.2. The molecule has 15 heteroatoms. The maximum absolute atomic E-state index is 14.2. The van der Waals surface area contributed by atoms with Crippen LogP contribution in [0.3, 0.4) is 0 Å². The van der Waals surface area contributed by atoms with E-state index in [1.165, 1.54) is 7.11 Å². The number of amides is 5. The van der Waals surface area contributed by atoms with Crippen LogP contribution < -0.4 is 19.5 Å². The van der Waals surface area contributed by atoms with Crippen LogP contribution in [0.5, 0.6) is 0 Å². The van der Waals surface area contributed by atoms with Crippen molar-refractivity contribution in [3.05, 3.63) is 29.8 Å². The number of ether oxygens (including phenoxy) is 2. The highest BCUT2D eigenvalue weighted by atomic mass is 127. The van der Waals surface area contributed by atoms with E-state index in [1.54, 1.807) is 30.9 Å². The molecular weight excluding hydrogens is 817 g/mol. The summed E-state index contributed by atoms with van der Waals surface area (Å²) in [6.07, 6.45) is 0.904. The van der Waals surface area contributed by atoms with Crippen LogP contribution in [-0.2, 0) is 40.0 Å². The normalized spacial score (nSPS) is 18.3. The van der Waals surface area contributed by atoms with E-state index in [-0.39, 0.29) is 66.3 Å². The quantitative estimate of drug-likeness (QED) is 0.100. The Morgan fingerprint density at radius 1 is 0.909 bits per heavy atom. The molecule has 4 N–H and O–H groups in total. The molecule has 0 saturated carbocycles. The van der Waals surface area contributed by atoms with Gasteiger partial charge in [0.05, 0.1) is 72.1 Å². The van der Waals surface area contributed by atoms with Crippen molar-refractivity contribution < 1.29 is 33.4 Å². The van der Waals surface area contributed by atoms with E-state index in [0.717, 1.165) is 24.1 Å². The first-order valence-corrected chi connectivity index (χ1v) is 20.6. The van der Waals surface area contributed by atoms with Crippen molar-refractivity contribution in [1.82, 2.24) is 30.7 Å². The van der Waals surface area contributed by atoms with E-state index in [2.05, 4.69) is 42.3 Å². The van der Waals surface area contributed by atoms with Crippen LogP contribution in [0.1, 0.15) is 79.7 Å². The first kappa shape index (κ1) is 48.1. The Morgan fingerprint density at radius 2 is 1.55 bits per heavy atom. The van der Waals surface area contributed by atoms with Crippen LogP contribution in [0.15, 0.2) is 24.3 Å².